The summed E-state index contributed by atoms with van der Waals surface area (Å²) in [5.74, 6) is 2.15. The Balaban J connectivity index is 2.00. The summed E-state index contributed by atoms with van der Waals surface area (Å²) >= 11 is 0. The van der Waals surface area contributed by atoms with Crippen molar-refractivity contribution >= 4 is 27.7 Å². The van der Waals surface area contributed by atoms with Gasteiger partial charge in [-0.2, -0.15) is 0 Å². The van der Waals surface area contributed by atoms with Crippen LogP contribution in [0.3, 0.4) is 0 Å². The normalized spacial score (nSPS) is 13.9. The van der Waals surface area contributed by atoms with E-state index in [1.54, 1.807) is 7.11 Å². The number of nitrogen functional groups attached to an aromatic ring is 1. The number of hydrogen-bond donors (Lipinski definition) is 1. The zero-order valence-corrected chi connectivity index (χ0v) is 18.0. The molecule has 2 unspecified atom stereocenters. The van der Waals surface area contributed by atoms with Crippen molar-refractivity contribution in [1.82, 2.24) is 14.5 Å². The van der Waals surface area contributed by atoms with Gasteiger partial charge in [0.05, 0.1) is 24.5 Å². The molecule has 2 N–H and O–H groups in total. The van der Waals surface area contributed by atoms with Crippen LogP contribution in [-0.4, -0.2) is 44.0 Å². The molecule has 0 aliphatic carbocycles. The molecule has 6 nitrogen and oxygen atoms in total. The maximum atomic E-state index is 11.9. The molecule has 2 aromatic rings. The van der Waals surface area contributed by atoms with Crippen molar-refractivity contribution in [3.8, 4) is 0 Å². The highest BCUT2D eigenvalue weighted by atomic mass is 32.2. The Hall–Kier alpha value is -1.47. The van der Waals surface area contributed by atoms with Crippen LogP contribution in [0, 0.1) is 13.8 Å². The number of aryl methyl sites for hydroxylation is 2. The fourth-order valence-corrected chi connectivity index (χ4v) is 4.75. The number of unbranched alkanes of at least 4 members (excludes halogenated alkanes) is 3. The van der Waals surface area contributed by atoms with Gasteiger partial charge in [-0.1, -0.05) is 26.2 Å². The van der Waals surface area contributed by atoms with Crippen LogP contribution in [0.15, 0.2) is 6.33 Å². The molecule has 152 valence electrons. The Kier molecular flexibility index (Phi) is 8.70. The van der Waals surface area contributed by atoms with Crippen molar-refractivity contribution < 1.29 is 8.95 Å². The molecule has 0 saturated carbocycles. The molecule has 2 aromatic heterocycles. The van der Waals surface area contributed by atoms with Crippen molar-refractivity contribution in [1.29, 1.82) is 0 Å². The minimum atomic E-state index is -0.655. The van der Waals surface area contributed by atoms with Gasteiger partial charge in [-0.25, -0.2) is 9.97 Å². The summed E-state index contributed by atoms with van der Waals surface area (Å²) in [5.41, 5.74) is 9.95. The largest absolute Gasteiger partial charge is 0.383 e. The van der Waals surface area contributed by atoms with E-state index in [4.69, 9.17) is 10.5 Å². The number of nitrogens with zero attached hydrogens (tertiary/aromatic N) is 3. The van der Waals surface area contributed by atoms with Crippen LogP contribution in [0.5, 0.6) is 0 Å². The molecule has 0 bridgehead atoms. The van der Waals surface area contributed by atoms with Crippen molar-refractivity contribution in [3.05, 3.63) is 17.6 Å². The van der Waals surface area contributed by atoms with Crippen molar-refractivity contribution in [2.45, 2.75) is 65.3 Å². The maximum Gasteiger partial charge on any atom is 0.151 e. The van der Waals surface area contributed by atoms with Gasteiger partial charge in [0.15, 0.2) is 5.82 Å². The highest BCUT2D eigenvalue weighted by Crippen LogP contribution is 2.28. The summed E-state index contributed by atoms with van der Waals surface area (Å²) in [6.45, 7) is 6.82. The molecular formula is C20H34N4O2S. The van der Waals surface area contributed by atoms with Crippen LogP contribution in [0.4, 0.5) is 5.82 Å². The Bertz CT molecular complexity index is 760. The third-order valence-corrected chi connectivity index (χ3v) is 6.60. The fourth-order valence-electron chi connectivity index (χ4n) is 3.41. The highest BCUT2D eigenvalue weighted by Gasteiger charge is 2.18. The van der Waals surface area contributed by atoms with Crippen molar-refractivity contribution in [3.63, 3.8) is 0 Å². The zero-order chi connectivity index (χ0) is 19.8. The molecule has 0 aromatic carbocycles. The molecule has 2 heterocycles. The molecule has 0 aliphatic heterocycles. The topological polar surface area (TPSA) is 83.0 Å². The minimum Gasteiger partial charge on any atom is -0.383 e. The van der Waals surface area contributed by atoms with E-state index in [-0.39, 0.29) is 6.04 Å². The Morgan fingerprint density at radius 3 is 2.67 bits per heavy atom. The van der Waals surface area contributed by atoms with Gasteiger partial charge in [-0.05, 0) is 38.7 Å². The first-order valence-electron chi connectivity index (χ1n) is 9.92. The second kappa shape index (κ2) is 10.8. The van der Waals surface area contributed by atoms with Gasteiger partial charge in [0, 0.05) is 35.1 Å². The van der Waals surface area contributed by atoms with E-state index in [0.717, 1.165) is 72.3 Å². The summed E-state index contributed by atoms with van der Waals surface area (Å²) in [6, 6.07) is 0.213. The second-order valence-corrected chi connectivity index (χ2v) is 8.91. The third kappa shape index (κ3) is 5.75. The summed E-state index contributed by atoms with van der Waals surface area (Å²) in [6.07, 6.45) is 8.23. The summed E-state index contributed by atoms with van der Waals surface area (Å²) in [7, 11) is 1.08. The van der Waals surface area contributed by atoms with Crippen molar-refractivity contribution in [2.24, 2.45) is 0 Å². The lowest BCUT2D eigenvalue weighted by molar-refractivity contribution is 0.151. The first kappa shape index (κ1) is 21.8. The molecule has 0 amide bonds. The second-order valence-electron chi connectivity index (χ2n) is 7.22. The predicted molar refractivity (Wildman–Crippen MR) is 114 cm³/mol. The van der Waals surface area contributed by atoms with Crippen molar-refractivity contribution in [2.75, 3.05) is 31.0 Å². The van der Waals surface area contributed by atoms with E-state index in [1.165, 1.54) is 0 Å². The van der Waals surface area contributed by atoms with Gasteiger partial charge in [0.1, 0.15) is 5.52 Å². The Labute approximate surface area is 165 Å². The van der Waals surface area contributed by atoms with Gasteiger partial charge in [0.2, 0.25) is 0 Å². The van der Waals surface area contributed by atoms with Gasteiger partial charge in [-0.3, -0.25) is 4.21 Å². The third-order valence-electron chi connectivity index (χ3n) is 5.11. The van der Waals surface area contributed by atoms with E-state index in [1.807, 2.05) is 13.3 Å². The lowest BCUT2D eigenvalue weighted by Crippen LogP contribution is -2.15. The number of aromatic nitrogens is 3. The number of nitrogens with two attached hydrogens (primary N) is 1. The van der Waals surface area contributed by atoms with Gasteiger partial charge >= 0.3 is 0 Å². The van der Waals surface area contributed by atoms with E-state index in [2.05, 4.69) is 28.4 Å². The van der Waals surface area contributed by atoms with Crippen LogP contribution >= 0.6 is 0 Å². The van der Waals surface area contributed by atoms with Gasteiger partial charge in [0.25, 0.3) is 0 Å². The first-order valence-corrected chi connectivity index (χ1v) is 11.4. The van der Waals surface area contributed by atoms with E-state index in [9.17, 15) is 4.21 Å². The summed E-state index contributed by atoms with van der Waals surface area (Å²) in [5, 5.41) is 0. The summed E-state index contributed by atoms with van der Waals surface area (Å²) < 4.78 is 19.6. The number of methoxy groups -OCH3 is 1. The number of fused-ring (bicyclic) bond motifs is 1. The standard InChI is InChI=1S/C20H34N4O2S/c1-5-6-11-27(25)12-9-7-8-10-17(13-26-4)24-14-22-18-19(24)15(2)16(3)23-20(18)21/h14,17H,5-13H2,1-4H3,(H2,21,23). The SMILES string of the molecule is CCCCS(=O)CCCCCC(COC)n1cnc2c(N)nc(C)c(C)c21. The van der Waals surface area contributed by atoms with Crippen LogP contribution in [0.1, 0.15) is 62.7 Å². The fraction of sp³-hybridized carbons (Fsp3) is 0.700. The highest BCUT2D eigenvalue weighted by molar-refractivity contribution is 7.84. The number of hydrogen-bond acceptors (Lipinski definition) is 5. The number of pyridine rings is 1. The Morgan fingerprint density at radius 2 is 1.96 bits per heavy atom. The number of ether oxygens (including phenoxy) is 1. The molecule has 0 aliphatic rings. The maximum absolute atomic E-state index is 11.9. The first-order chi connectivity index (χ1) is 13.0. The van der Waals surface area contributed by atoms with Crippen LogP contribution in [-0.2, 0) is 15.5 Å². The minimum absolute atomic E-state index is 0.213. The predicted octanol–water partition coefficient (Wildman–Crippen LogP) is 3.93. The number of anilines is 1. The average molecular weight is 395 g/mol. The van der Waals surface area contributed by atoms with E-state index in [0.29, 0.717) is 12.4 Å². The lowest BCUT2D eigenvalue weighted by Gasteiger charge is -2.20. The average Bonchev–Trinajstić information content (AvgIpc) is 3.09. The van der Waals surface area contributed by atoms with Crippen LogP contribution in [0.25, 0.3) is 11.0 Å². The summed E-state index contributed by atoms with van der Waals surface area (Å²) in [4.78, 5) is 8.89. The van der Waals surface area contributed by atoms with E-state index < -0.39 is 10.8 Å². The van der Waals surface area contributed by atoms with Crippen LogP contribution < -0.4 is 5.73 Å². The Morgan fingerprint density at radius 1 is 1.22 bits per heavy atom. The molecule has 0 fully saturated rings. The van der Waals surface area contributed by atoms with E-state index >= 15 is 0 Å². The van der Waals surface area contributed by atoms with Gasteiger partial charge < -0.3 is 15.0 Å². The number of imidazole rings is 1. The van der Waals surface area contributed by atoms with Crippen LogP contribution in [0.2, 0.25) is 0 Å². The monoisotopic (exact) mass is 394 g/mol. The molecule has 2 rings (SSSR count). The molecule has 0 spiro atoms. The van der Waals surface area contributed by atoms with Gasteiger partial charge in [-0.15, -0.1) is 0 Å². The molecule has 7 heteroatoms. The molecule has 27 heavy (non-hydrogen) atoms. The molecular weight excluding hydrogens is 360 g/mol. The quantitative estimate of drug-likeness (QED) is 0.552. The molecule has 2 atom stereocenters. The lowest BCUT2D eigenvalue weighted by atomic mass is 10.1. The number of rotatable bonds is 12. The molecule has 0 saturated heterocycles. The molecule has 0 radical (unpaired) electrons. The smallest absolute Gasteiger partial charge is 0.151 e. The zero-order valence-electron chi connectivity index (χ0n) is 17.2.